The fourth-order valence-electron chi connectivity index (χ4n) is 5.21. The van der Waals surface area contributed by atoms with Crippen molar-refractivity contribution in [1.82, 2.24) is 24.9 Å². The van der Waals surface area contributed by atoms with E-state index < -0.39 is 0 Å². The molecule has 202 valence electrons. The van der Waals surface area contributed by atoms with Gasteiger partial charge in [0, 0.05) is 11.1 Å². The number of rotatable bonds is 5. The molecule has 3 aromatic heterocycles. The maximum atomic E-state index is 4.96. The van der Waals surface area contributed by atoms with E-state index >= 15 is 0 Å². The summed E-state index contributed by atoms with van der Waals surface area (Å²) in [6.45, 7) is 0. The van der Waals surface area contributed by atoms with E-state index in [1.807, 2.05) is 85.1 Å². The summed E-state index contributed by atoms with van der Waals surface area (Å²) in [7, 11) is 0. The van der Waals surface area contributed by atoms with Crippen LogP contribution in [0.1, 0.15) is 0 Å². The maximum Gasteiger partial charge on any atom is -0.0512 e. The van der Waals surface area contributed by atoms with Crippen molar-refractivity contribution in [1.29, 1.82) is 0 Å². The van der Waals surface area contributed by atoms with Gasteiger partial charge in [-0.1, -0.05) is 60.7 Å². The summed E-state index contributed by atoms with van der Waals surface area (Å²) in [4.78, 5) is 24.3. The molecular weight excluding hydrogens is 593 g/mol. The van der Waals surface area contributed by atoms with Gasteiger partial charge in [-0.15, -0.1) is 0 Å². The Morgan fingerprint density at radius 3 is 1.63 bits per heavy atom. The van der Waals surface area contributed by atoms with Crippen molar-refractivity contribution in [3.05, 3.63) is 140 Å². The minimum atomic E-state index is 0.166. The van der Waals surface area contributed by atoms with Crippen LogP contribution >= 0.6 is 0 Å². The van der Waals surface area contributed by atoms with Gasteiger partial charge in [0.25, 0.3) is 0 Å². The normalized spacial score (nSPS) is 11.3. The van der Waals surface area contributed by atoms with Gasteiger partial charge in [-0.05, 0) is 0 Å². The number of pyridine rings is 1. The van der Waals surface area contributed by atoms with Crippen LogP contribution in [-0.2, 0) is 0 Å². The standard InChI is InChI=1S/C37H23N5Se/c1-4-10-24(11-5-1)34-40-35(25-12-6-2-7-13-25)42-36(41-34)29-18-20-31(38-23-29)28-16-19-30-27(22-28)17-21-32-33(30)43-37(39-32)26-14-8-3-9-15-26/h1-23H. The Labute approximate surface area is 254 Å². The van der Waals surface area contributed by atoms with E-state index in [1.165, 1.54) is 25.2 Å². The first kappa shape index (κ1) is 25.4. The Hall–Kier alpha value is -5.29. The average Bonchev–Trinajstić information content (AvgIpc) is 3.54. The first-order chi connectivity index (χ1) is 21.3. The van der Waals surface area contributed by atoms with Gasteiger partial charge in [-0.3, -0.25) is 0 Å². The van der Waals surface area contributed by atoms with Gasteiger partial charge in [-0.2, -0.15) is 0 Å². The van der Waals surface area contributed by atoms with Crippen LogP contribution in [0.15, 0.2) is 140 Å². The molecule has 0 fully saturated rings. The molecule has 5 aromatic carbocycles. The molecule has 5 nitrogen and oxygen atoms in total. The zero-order valence-corrected chi connectivity index (χ0v) is 24.6. The molecule has 0 N–H and O–H groups in total. The quantitative estimate of drug-likeness (QED) is 0.182. The van der Waals surface area contributed by atoms with E-state index in [1.54, 1.807) is 0 Å². The summed E-state index contributed by atoms with van der Waals surface area (Å²) < 4.78 is 2.53. The van der Waals surface area contributed by atoms with Crippen LogP contribution in [0.2, 0.25) is 0 Å². The molecule has 0 unspecified atom stereocenters. The summed E-state index contributed by atoms with van der Waals surface area (Å²) in [5, 5.41) is 2.46. The predicted octanol–water partition coefficient (Wildman–Crippen LogP) is 8.36. The number of hydrogen-bond donors (Lipinski definition) is 0. The van der Waals surface area contributed by atoms with E-state index in [2.05, 4.69) is 54.6 Å². The van der Waals surface area contributed by atoms with Crippen molar-refractivity contribution < 1.29 is 0 Å². The molecule has 8 rings (SSSR count). The first-order valence-corrected chi connectivity index (χ1v) is 15.7. The molecule has 0 atom stereocenters. The van der Waals surface area contributed by atoms with E-state index in [-0.39, 0.29) is 14.5 Å². The molecular formula is C37H23N5Se. The van der Waals surface area contributed by atoms with E-state index in [0.717, 1.165) is 33.5 Å². The predicted molar refractivity (Wildman–Crippen MR) is 175 cm³/mol. The fraction of sp³-hybridized carbons (Fsp3) is 0. The van der Waals surface area contributed by atoms with Crippen molar-refractivity contribution in [2.45, 2.75) is 0 Å². The Morgan fingerprint density at radius 1 is 0.442 bits per heavy atom. The smallest absolute Gasteiger partial charge is 0.0512 e. The van der Waals surface area contributed by atoms with Gasteiger partial charge in [0.05, 0.1) is 0 Å². The zero-order valence-electron chi connectivity index (χ0n) is 22.9. The van der Waals surface area contributed by atoms with Gasteiger partial charge in [0.2, 0.25) is 0 Å². The molecule has 0 saturated heterocycles. The number of aromatic nitrogens is 5. The Kier molecular flexibility index (Phi) is 6.41. The van der Waals surface area contributed by atoms with Crippen molar-refractivity contribution >= 4 is 35.1 Å². The van der Waals surface area contributed by atoms with E-state index in [9.17, 15) is 0 Å². The molecule has 8 aromatic rings. The molecule has 0 amide bonds. The molecule has 43 heavy (non-hydrogen) atoms. The minimum absolute atomic E-state index is 0.166. The second kappa shape index (κ2) is 10.8. The molecule has 6 heteroatoms. The van der Waals surface area contributed by atoms with Crippen LogP contribution in [0, 0.1) is 0 Å². The van der Waals surface area contributed by atoms with Crippen LogP contribution in [-0.4, -0.2) is 39.4 Å². The van der Waals surface area contributed by atoms with Crippen molar-refractivity contribution in [2.75, 3.05) is 0 Å². The second-order valence-electron chi connectivity index (χ2n) is 10.2. The van der Waals surface area contributed by atoms with Crippen LogP contribution in [0.3, 0.4) is 0 Å². The Balaban J connectivity index is 1.15. The van der Waals surface area contributed by atoms with Crippen molar-refractivity contribution in [3.8, 4) is 55.6 Å². The third-order valence-electron chi connectivity index (χ3n) is 7.41. The van der Waals surface area contributed by atoms with E-state index in [0.29, 0.717) is 17.5 Å². The molecule has 0 aliphatic rings. The van der Waals surface area contributed by atoms with Crippen LogP contribution in [0.4, 0.5) is 0 Å². The average molecular weight is 617 g/mol. The van der Waals surface area contributed by atoms with Crippen molar-refractivity contribution in [3.63, 3.8) is 0 Å². The van der Waals surface area contributed by atoms with Crippen LogP contribution < -0.4 is 0 Å². The van der Waals surface area contributed by atoms with Gasteiger partial charge in [-0.25, -0.2) is 4.98 Å². The zero-order chi connectivity index (χ0) is 28.6. The summed E-state index contributed by atoms with van der Waals surface area (Å²) >= 11 is 0.166. The minimum Gasteiger partial charge on any atom is -0.0615 e. The first-order valence-electron chi connectivity index (χ1n) is 14.0. The number of fused-ring (bicyclic) bond motifs is 3. The SMILES string of the molecule is c1ccc(-c2nc(-c3ccccc3)nc(-c3ccc(-c4ccc5c(ccc6nc(-c7ccccc7)[se]c65)c4)nc3)n2)cc1. The topological polar surface area (TPSA) is 64.5 Å². The monoisotopic (exact) mass is 617 g/mol. The van der Waals surface area contributed by atoms with Gasteiger partial charge in [0.1, 0.15) is 0 Å². The van der Waals surface area contributed by atoms with Gasteiger partial charge >= 0.3 is 178 Å². The van der Waals surface area contributed by atoms with E-state index in [4.69, 9.17) is 24.9 Å². The fourth-order valence-corrected chi connectivity index (χ4v) is 7.53. The summed E-state index contributed by atoms with van der Waals surface area (Å²) in [6.07, 6.45) is 1.85. The van der Waals surface area contributed by atoms with Gasteiger partial charge < -0.3 is 0 Å². The maximum absolute atomic E-state index is 4.96. The molecule has 0 radical (unpaired) electrons. The Morgan fingerprint density at radius 2 is 1.02 bits per heavy atom. The molecule has 0 aliphatic heterocycles. The summed E-state index contributed by atoms with van der Waals surface area (Å²) in [5.74, 6) is 1.87. The van der Waals surface area contributed by atoms with Crippen LogP contribution in [0.25, 0.3) is 76.1 Å². The molecule has 0 bridgehead atoms. The summed E-state index contributed by atoms with van der Waals surface area (Å²) in [5.41, 5.74) is 6.99. The molecule has 0 aliphatic carbocycles. The summed E-state index contributed by atoms with van der Waals surface area (Å²) in [6, 6.07) is 45.5. The number of benzene rings is 5. The third-order valence-corrected chi connectivity index (χ3v) is 9.83. The third kappa shape index (κ3) is 4.93. The van der Waals surface area contributed by atoms with Gasteiger partial charge in [0.15, 0.2) is 0 Å². The number of hydrogen-bond acceptors (Lipinski definition) is 5. The molecule has 0 spiro atoms. The molecule has 0 saturated carbocycles. The van der Waals surface area contributed by atoms with Crippen molar-refractivity contribution in [2.24, 2.45) is 0 Å². The second-order valence-corrected chi connectivity index (χ2v) is 12.3. The van der Waals surface area contributed by atoms with Crippen LogP contribution in [0.5, 0.6) is 0 Å². The largest absolute Gasteiger partial charge is 0.0615 e. The Bertz CT molecular complexity index is 2150. The molecule has 3 heterocycles. The number of nitrogens with zero attached hydrogens (tertiary/aromatic N) is 5.